The number of thiophene rings is 1. The Balaban J connectivity index is 2.19. The maximum absolute atomic E-state index is 11.8. The molecule has 1 aromatic rings. The quantitative estimate of drug-likeness (QED) is 0.741. The highest BCUT2D eigenvalue weighted by atomic mass is 32.1. The fraction of sp³-hybridized carbons (Fsp3) is 0.571. The van der Waals surface area contributed by atoms with Crippen LogP contribution in [0.1, 0.15) is 54.3 Å². The van der Waals surface area contributed by atoms with Gasteiger partial charge in [-0.15, -0.1) is 11.3 Å². The van der Waals surface area contributed by atoms with Gasteiger partial charge >= 0.3 is 0 Å². The minimum atomic E-state index is -0.214. The number of nitrogen functional groups attached to an aromatic ring is 1. The number of rotatable bonds is 4. The van der Waals surface area contributed by atoms with Gasteiger partial charge in [0, 0.05) is 12.5 Å². The Morgan fingerprint density at radius 3 is 2.70 bits per heavy atom. The lowest BCUT2D eigenvalue weighted by atomic mass is 9.93. The lowest BCUT2D eigenvalue weighted by Crippen LogP contribution is -2.28. The van der Waals surface area contributed by atoms with Crippen LogP contribution in [-0.2, 0) is 0 Å². The van der Waals surface area contributed by atoms with Crippen LogP contribution >= 0.6 is 11.3 Å². The SMILES string of the molecule is CCC(=O)c1sc(NC2CCC(O)CC2)c(C#N)c1N. The molecule has 4 N–H and O–H groups in total. The highest BCUT2D eigenvalue weighted by Crippen LogP contribution is 2.37. The summed E-state index contributed by atoms with van der Waals surface area (Å²) >= 11 is 1.27. The molecule has 0 amide bonds. The number of carbonyl (C=O) groups excluding carboxylic acids is 1. The van der Waals surface area contributed by atoms with Crippen LogP contribution in [-0.4, -0.2) is 23.0 Å². The van der Waals surface area contributed by atoms with Crippen molar-refractivity contribution in [3.05, 3.63) is 10.4 Å². The molecule has 0 spiro atoms. The zero-order chi connectivity index (χ0) is 14.7. The summed E-state index contributed by atoms with van der Waals surface area (Å²) in [5, 5.41) is 22.7. The van der Waals surface area contributed by atoms with Gasteiger partial charge in [-0.25, -0.2) is 0 Å². The molecule has 0 aliphatic heterocycles. The van der Waals surface area contributed by atoms with Crippen LogP contribution in [0.2, 0.25) is 0 Å². The van der Waals surface area contributed by atoms with E-state index in [1.807, 2.05) is 0 Å². The minimum absolute atomic E-state index is 0.0314. The van der Waals surface area contributed by atoms with Gasteiger partial charge in [-0.3, -0.25) is 4.79 Å². The van der Waals surface area contributed by atoms with E-state index in [1.54, 1.807) is 6.92 Å². The second-order valence-corrected chi connectivity index (χ2v) is 6.11. The molecule has 2 rings (SSSR count). The maximum Gasteiger partial charge on any atom is 0.174 e. The molecule has 20 heavy (non-hydrogen) atoms. The molecule has 1 saturated carbocycles. The first-order valence-corrected chi connectivity index (χ1v) is 7.68. The summed E-state index contributed by atoms with van der Waals surface area (Å²) in [7, 11) is 0. The molecular formula is C14H19N3O2S. The zero-order valence-corrected chi connectivity index (χ0v) is 12.3. The predicted octanol–water partition coefficient (Wildman–Crippen LogP) is 2.51. The second-order valence-electron chi connectivity index (χ2n) is 5.09. The Kier molecular flexibility index (Phi) is 4.63. The number of Topliss-reactive ketones (excluding diaryl/α,β-unsaturated/α-hetero) is 1. The number of nitriles is 1. The number of nitrogens with two attached hydrogens (primary N) is 1. The van der Waals surface area contributed by atoms with E-state index >= 15 is 0 Å². The summed E-state index contributed by atoms with van der Waals surface area (Å²) in [6.07, 6.45) is 3.42. The summed E-state index contributed by atoms with van der Waals surface area (Å²) in [5.74, 6) is -0.0314. The molecule has 0 radical (unpaired) electrons. The summed E-state index contributed by atoms with van der Waals surface area (Å²) in [5.41, 5.74) is 6.57. The van der Waals surface area contributed by atoms with Gasteiger partial charge in [0.05, 0.1) is 16.7 Å². The third-order valence-corrected chi connectivity index (χ3v) is 4.84. The Morgan fingerprint density at radius 2 is 2.15 bits per heavy atom. The summed E-state index contributed by atoms with van der Waals surface area (Å²) in [6, 6.07) is 2.31. The Hall–Kier alpha value is -1.58. The number of carbonyl (C=O) groups is 1. The fourth-order valence-electron chi connectivity index (χ4n) is 2.43. The lowest BCUT2D eigenvalue weighted by Gasteiger charge is -2.26. The van der Waals surface area contributed by atoms with Gasteiger partial charge in [0.1, 0.15) is 16.6 Å². The normalized spacial score (nSPS) is 22.2. The number of nitrogens with one attached hydrogen (secondary N) is 1. The monoisotopic (exact) mass is 293 g/mol. The van der Waals surface area contributed by atoms with Crippen LogP contribution in [0.4, 0.5) is 10.7 Å². The number of nitrogens with zero attached hydrogens (tertiary/aromatic N) is 1. The fourth-order valence-corrected chi connectivity index (χ4v) is 3.59. The smallest absolute Gasteiger partial charge is 0.174 e. The third-order valence-electron chi connectivity index (χ3n) is 3.66. The van der Waals surface area contributed by atoms with Crippen molar-refractivity contribution in [2.24, 2.45) is 0 Å². The summed E-state index contributed by atoms with van der Waals surface area (Å²) < 4.78 is 0. The first kappa shape index (κ1) is 14.8. The van der Waals surface area contributed by atoms with Crippen molar-refractivity contribution in [2.45, 2.75) is 51.2 Å². The van der Waals surface area contributed by atoms with Crippen molar-refractivity contribution in [3.63, 3.8) is 0 Å². The van der Waals surface area contributed by atoms with E-state index in [9.17, 15) is 15.2 Å². The molecule has 1 aliphatic rings. The van der Waals surface area contributed by atoms with Crippen LogP contribution < -0.4 is 11.1 Å². The van der Waals surface area contributed by atoms with Crippen LogP contribution in [0.3, 0.4) is 0 Å². The van der Waals surface area contributed by atoms with E-state index < -0.39 is 0 Å². The van der Waals surface area contributed by atoms with Gasteiger partial charge in [0.15, 0.2) is 5.78 Å². The van der Waals surface area contributed by atoms with Crippen molar-refractivity contribution in [1.82, 2.24) is 0 Å². The molecule has 0 atom stereocenters. The minimum Gasteiger partial charge on any atom is -0.396 e. The van der Waals surface area contributed by atoms with Crippen LogP contribution in [0.15, 0.2) is 0 Å². The van der Waals surface area contributed by atoms with Crippen LogP contribution in [0.25, 0.3) is 0 Å². The van der Waals surface area contributed by atoms with Gasteiger partial charge in [-0.1, -0.05) is 6.92 Å². The molecule has 1 fully saturated rings. The second kappa shape index (κ2) is 6.25. The molecule has 1 aromatic heterocycles. The highest BCUT2D eigenvalue weighted by Gasteiger charge is 2.24. The number of aliphatic hydroxyl groups is 1. The van der Waals surface area contributed by atoms with E-state index in [-0.39, 0.29) is 17.9 Å². The standard InChI is InChI=1S/C14H19N3O2S/c1-2-11(19)13-12(16)10(7-15)14(20-13)17-8-3-5-9(18)6-4-8/h8-9,17-18H,2-6,16H2,1H3. The first-order chi connectivity index (χ1) is 9.56. The van der Waals surface area contributed by atoms with Crippen molar-refractivity contribution in [3.8, 4) is 6.07 Å². The predicted molar refractivity (Wildman–Crippen MR) is 80.0 cm³/mol. The van der Waals surface area contributed by atoms with Crippen LogP contribution in [0.5, 0.6) is 0 Å². The van der Waals surface area contributed by atoms with Gasteiger partial charge in [-0.2, -0.15) is 5.26 Å². The molecule has 6 heteroatoms. The summed E-state index contributed by atoms with van der Waals surface area (Å²) in [6.45, 7) is 1.78. The van der Waals surface area contributed by atoms with Gasteiger partial charge < -0.3 is 16.2 Å². The third kappa shape index (κ3) is 2.94. The van der Waals surface area contributed by atoms with E-state index in [0.717, 1.165) is 25.7 Å². The maximum atomic E-state index is 11.8. The molecule has 0 saturated heterocycles. The lowest BCUT2D eigenvalue weighted by molar-refractivity contribution is 0.0992. The van der Waals surface area contributed by atoms with E-state index in [1.165, 1.54) is 11.3 Å². The number of hydrogen-bond acceptors (Lipinski definition) is 6. The highest BCUT2D eigenvalue weighted by molar-refractivity contribution is 7.19. The largest absolute Gasteiger partial charge is 0.396 e. The number of anilines is 2. The molecule has 0 unspecified atom stereocenters. The van der Waals surface area contributed by atoms with Gasteiger partial charge in [0.25, 0.3) is 0 Å². The average Bonchev–Trinajstić information content (AvgIpc) is 2.76. The van der Waals surface area contributed by atoms with Crippen molar-refractivity contribution in [1.29, 1.82) is 5.26 Å². The molecule has 1 heterocycles. The van der Waals surface area contributed by atoms with Crippen molar-refractivity contribution in [2.75, 3.05) is 11.1 Å². The summed E-state index contributed by atoms with van der Waals surface area (Å²) in [4.78, 5) is 12.3. The topological polar surface area (TPSA) is 99.1 Å². The Morgan fingerprint density at radius 1 is 1.50 bits per heavy atom. The van der Waals surface area contributed by atoms with E-state index in [2.05, 4.69) is 11.4 Å². The van der Waals surface area contributed by atoms with Crippen molar-refractivity contribution >= 4 is 27.8 Å². The molecular weight excluding hydrogens is 274 g/mol. The van der Waals surface area contributed by atoms with Gasteiger partial charge in [0.2, 0.25) is 0 Å². The van der Waals surface area contributed by atoms with E-state index in [0.29, 0.717) is 27.5 Å². The van der Waals surface area contributed by atoms with E-state index in [4.69, 9.17) is 5.73 Å². The zero-order valence-electron chi connectivity index (χ0n) is 11.5. The van der Waals surface area contributed by atoms with Crippen molar-refractivity contribution < 1.29 is 9.90 Å². The molecule has 108 valence electrons. The average molecular weight is 293 g/mol. The molecule has 5 nitrogen and oxygen atoms in total. The molecule has 0 bridgehead atoms. The van der Waals surface area contributed by atoms with Gasteiger partial charge in [-0.05, 0) is 25.7 Å². The van der Waals surface area contributed by atoms with Crippen LogP contribution in [0, 0.1) is 11.3 Å². The number of hydrogen-bond donors (Lipinski definition) is 3. The molecule has 0 aromatic carbocycles. The number of ketones is 1. The molecule has 1 aliphatic carbocycles. The number of aliphatic hydroxyl groups excluding tert-OH is 1. The Bertz CT molecular complexity index is 539. The first-order valence-electron chi connectivity index (χ1n) is 6.87. The Labute approximate surface area is 122 Å².